The first kappa shape index (κ1) is 36.1. The first-order chi connectivity index (χ1) is 27.2. The number of ketones is 1. The van der Waals surface area contributed by atoms with Crippen LogP contribution in [0, 0.1) is 5.92 Å². The fraction of sp³-hybridized carbons (Fsp3) is 0.429. The van der Waals surface area contributed by atoms with Crippen molar-refractivity contribution in [2.45, 2.75) is 62.8 Å². The number of rotatable bonds is 10. The van der Waals surface area contributed by atoms with Crippen molar-refractivity contribution in [2.24, 2.45) is 5.92 Å². The highest BCUT2D eigenvalue weighted by atomic mass is 16.5. The highest BCUT2D eigenvalue weighted by Crippen LogP contribution is 2.42. The number of carbonyl (C=O) groups excluding carboxylic acids is 4. The molecule has 4 saturated heterocycles. The van der Waals surface area contributed by atoms with Gasteiger partial charge in [0.1, 0.15) is 28.8 Å². The van der Waals surface area contributed by atoms with E-state index in [1.165, 1.54) is 7.11 Å². The number of H-pyrrole nitrogens is 1. The number of piperazine rings is 1. The molecule has 14 nitrogen and oxygen atoms in total. The summed E-state index contributed by atoms with van der Waals surface area (Å²) in [7, 11) is 3.09. The van der Waals surface area contributed by atoms with Crippen molar-refractivity contribution < 1.29 is 28.7 Å². The lowest BCUT2D eigenvalue weighted by molar-refractivity contribution is -0.141. The molecule has 4 fully saturated rings. The van der Waals surface area contributed by atoms with Gasteiger partial charge in [-0.15, -0.1) is 0 Å². The van der Waals surface area contributed by atoms with Crippen LogP contribution in [-0.2, 0) is 25.7 Å². The zero-order valence-electron chi connectivity index (χ0n) is 31.5. The van der Waals surface area contributed by atoms with Crippen LogP contribution in [-0.4, -0.2) is 109 Å². The maximum atomic E-state index is 13.0. The Morgan fingerprint density at radius 2 is 1.71 bits per heavy atom. The van der Waals surface area contributed by atoms with E-state index in [2.05, 4.69) is 43.2 Å². The van der Waals surface area contributed by atoms with Crippen LogP contribution < -0.4 is 30.1 Å². The van der Waals surface area contributed by atoms with E-state index in [9.17, 15) is 24.0 Å². The number of hydrogen-bond acceptors (Lipinski definition) is 12. The molecular weight excluding hydrogens is 715 g/mol. The van der Waals surface area contributed by atoms with E-state index in [-0.39, 0.29) is 17.9 Å². The van der Waals surface area contributed by atoms with E-state index in [0.29, 0.717) is 65.5 Å². The number of nitrogens with zero attached hydrogens (tertiary/aromatic N) is 5. The summed E-state index contributed by atoms with van der Waals surface area (Å²) < 4.78 is 10.8. The molecule has 3 aromatic carbocycles. The van der Waals surface area contributed by atoms with Crippen LogP contribution in [0.25, 0.3) is 22.3 Å². The van der Waals surface area contributed by atoms with Crippen LogP contribution in [0.5, 0.6) is 11.5 Å². The molecular formula is C42H45N7O7. The molecule has 5 aliphatic heterocycles. The van der Waals surface area contributed by atoms with Gasteiger partial charge in [0.25, 0.3) is 5.56 Å². The maximum absolute atomic E-state index is 13.0. The second kappa shape index (κ2) is 14.5. The van der Waals surface area contributed by atoms with Crippen molar-refractivity contribution in [3.63, 3.8) is 0 Å². The number of amides is 2. The van der Waals surface area contributed by atoms with Gasteiger partial charge in [-0.25, -0.2) is 4.98 Å². The number of nitrogens with one attached hydrogen (secondary N) is 2. The predicted octanol–water partition coefficient (Wildman–Crippen LogP) is 3.22. The topological polar surface area (TPSA) is 157 Å². The van der Waals surface area contributed by atoms with Crippen molar-refractivity contribution in [3.05, 3.63) is 76.1 Å². The lowest BCUT2D eigenvalue weighted by atomic mass is 9.95. The number of carbonyl (C=O) groups is 4. The number of aromatic amines is 1. The Labute approximate surface area is 323 Å². The number of methoxy groups -OCH3 is 2. The summed E-state index contributed by atoms with van der Waals surface area (Å²) in [5, 5.41) is 2.78. The van der Waals surface area contributed by atoms with Crippen molar-refractivity contribution >= 4 is 46.2 Å². The number of benzene rings is 3. The molecule has 6 heterocycles. The fourth-order valence-corrected chi connectivity index (χ4v) is 9.75. The smallest absolute Gasteiger partial charge is 0.262 e. The molecule has 0 radical (unpaired) electrons. The maximum Gasteiger partial charge on any atom is 0.262 e. The van der Waals surface area contributed by atoms with Crippen LogP contribution in [0.4, 0.5) is 11.4 Å². The number of imide groups is 1. The monoisotopic (exact) mass is 759 g/mol. The van der Waals surface area contributed by atoms with Gasteiger partial charge in [-0.3, -0.25) is 39.1 Å². The third-order valence-corrected chi connectivity index (χ3v) is 12.6. The molecule has 4 atom stereocenters. The zero-order valence-corrected chi connectivity index (χ0v) is 31.5. The number of hydrogen-bond donors (Lipinski definition) is 2. The number of anilines is 2. The minimum atomic E-state index is -0.825. The molecule has 4 aromatic rings. The van der Waals surface area contributed by atoms with E-state index in [4.69, 9.17) is 14.5 Å². The first-order valence-corrected chi connectivity index (χ1v) is 19.4. The van der Waals surface area contributed by atoms with Gasteiger partial charge in [0.15, 0.2) is 6.29 Å². The summed E-state index contributed by atoms with van der Waals surface area (Å²) in [6.07, 6.45) is 4.22. The standard InChI is InChI=1S/C42H45N7O7/c1-55-31-17-33-38(36(18-31)56-2)42(54)45-40(43-33)25-3-6-27(7-4-25)46-13-11-24(12-14-46)19-47-21-30-15-29(47)22-48(30)28-8-5-26-20-49(34-9-10-37(52)44-41(34)53)39(32(26)16-28)35(51)23-50/h3-8,16-18,23-24,29-30,34,39H,9-15,19-22H2,1-2H3,(H,43,45,54)(H,44,52,53). The fourth-order valence-electron chi connectivity index (χ4n) is 9.75. The number of fused-ring (bicyclic) bond motifs is 4. The Balaban J connectivity index is 0.808. The molecule has 56 heavy (non-hydrogen) atoms. The second-order valence-electron chi connectivity index (χ2n) is 15.7. The average Bonchev–Trinajstić information content (AvgIpc) is 3.93. The van der Waals surface area contributed by atoms with Crippen LogP contribution in [0.2, 0.25) is 0 Å². The van der Waals surface area contributed by atoms with Gasteiger partial charge >= 0.3 is 0 Å². The van der Waals surface area contributed by atoms with Crippen molar-refractivity contribution in [1.82, 2.24) is 25.1 Å². The molecule has 2 amide bonds. The summed E-state index contributed by atoms with van der Waals surface area (Å²) in [4.78, 5) is 79.3. The van der Waals surface area contributed by atoms with Gasteiger partial charge in [-0.1, -0.05) is 6.07 Å². The Hall–Kier alpha value is -5.60. The molecule has 2 bridgehead atoms. The summed E-state index contributed by atoms with van der Waals surface area (Å²) in [6, 6.07) is 17.2. The van der Waals surface area contributed by atoms with E-state index in [0.717, 1.165) is 80.1 Å². The molecule has 4 unspecified atom stereocenters. The largest absolute Gasteiger partial charge is 0.497 e. The summed E-state index contributed by atoms with van der Waals surface area (Å²) in [5.74, 6) is 0.811. The van der Waals surface area contributed by atoms with Gasteiger partial charge in [0.05, 0.1) is 25.8 Å². The molecule has 1 aromatic heterocycles. The van der Waals surface area contributed by atoms with Crippen molar-refractivity contribution in [3.8, 4) is 22.9 Å². The second-order valence-corrected chi connectivity index (χ2v) is 15.7. The number of Topliss-reactive ketones (excluding diaryl/α,β-unsaturated/α-hetero) is 1. The summed E-state index contributed by atoms with van der Waals surface area (Å²) in [5.41, 5.74) is 5.00. The summed E-state index contributed by atoms with van der Waals surface area (Å²) in [6.45, 7) is 5.33. The minimum Gasteiger partial charge on any atom is -0.497 e. The number of ether oxygens (including phenoxy) is 2. The van der Waals surface area contributed by atoms with Crippen LogP contribution >= 0.6 is 0 Å². The van der Waals surface area contributed by atoms with Gasteiger partial charge in [-0.2, -0.15) is 0 Å². The zero-order chi connectivity index (χ0) is 38.7. The Morgan fingerprint density at radius 3 is 2.41 bits per heavy atom. The van der Waals surface area contributed by atoms with Gasteiger partial charge in [0, 0.05) is 86.8 Å². The Morgan fingerprint density at radius 1 is 0.929 bits per heavy atom. The lowest BCUT2D eigenvalue weighted by Gasteiger charge is -2.40. The van der Waals surface area contributed by atoms with Gasteiger partial charge < -0.3 is 24.3 Å². The van der Waals surface area contributed by atoms with E-state index in [1.807, 2.05) is 24.3 Å². The molecule has 14 heteroatoms. The number of likely N-dealkylation sites (tertiary alicyclic amines) is 1. The van der Waals surface area contributed by atoms with E-state index >= 15 is 0 Å². The van der Waals surface area contributed by atoms with Crippen molar-refractivity contribution in [2.75, 3.05) is 56.7 Å². The molecule has 5 aliphatic rings. The highest BCUT2D eigenvalue weighted by molar-refractivity contribution is 6.27. The van der Waals surface area contributed by atoms with Gasteiger partial charge in [0.2, 0.25) is 17.6 Å². The third kappa shape index (κ3) is 6.40. The van der Waals surface area contributed by atoms with Crippen molar-refractivity contribution in [1.29, 1.82) is 0 Å². The molecule has 0 spiro atoms. The molecule has 290 valence electrons. The molecule has 0 saturated carbocycles. The Kier molecular flexibility index (Phi) is 9.32. The molecule has 9 rings (SSSR count). The third-order valence-electron chi connectivity index (χ3n) is 12.6. The molecule has 2 N–H and O–H groups in total. The van der Waals surface area contributed by atoms with Crippen LogP contribution in [0.1, 0.15) is 49.3 Å². The molecule has 0 aliphatic carbocycles. The van der Waals surface area contributed by atoms with E-state index in [1.54, 1.807) is 24.1 Å². The van der Waals surface area contributed by atoms with Crippen LogP contribution in [0.15, 0.2) is 59.4 Å². The summed E-state index contributed by atoms with van der Waals surface area (Å²) >= 11 is 0. The number of aldehydes is 1. The number of aromatic nitrogens is 2. The van der Waals surface area contributed by atoms with Gasteiger partial charge in [-0.05, 0) is 79.1 Å². The lowest BCUT2D eigenvalue weighted by Crippen LogP contribution is -2.52. The average molecular weight is 760 g/mol. The quantitative estimate of drug-likeness (QED) is 0.139. The first-order valence-electron chi connectivity index (χ1n) is 19.4. The highest BCUT2D eigenvalue weighted by Gasteiger charge is 2.46. The minimum absolute atomic E-state index is 0.209. The SMILES string of the molecule is COc1cc(OC)c2c(=O)[nH]c(-c3ccc(N4CCC(CN5CC6CC5CN6c5ccc6c(c5)C(C(=O)C=O)N(C5CCC(=O)NC5=O)C6)CC4)cc3)nc2c1. The predicted molar refractivity (Wildman–Crippen MR) is 209 cm³/mol. The Bertz CT molecular complexity index is 2290. The normalized spacial score (nSPS) is 24.1. The number of piperidine rings is 2. The van der Waals surface area contributed by atoms with E-state index < -0.39 is 23.8 Å². The van der Waals surface area contributed by atoms with Crippen LogP contribution in [0.3, 0.4) is 0 Å².